The minimum Gasteiger partial charge on any atom is -0.356 e. The number of hydrogen-bond donors (Lipinski definition) is 2. The van der Waals surface area contributed by atoms with Gasteiger partial charge in [-0.25, -0.2) is 4.68 Å². The second kappa shape index (κ2) is 10.4. The smallest absolute Gasteiger partial charge is 0.253 e. The molecule has 1 atom stereocenters. The standard InChI is InChI=1S/C24H30N6O/c1-18(20-9-6-11-22(17-20)30-15-7-13-27-30)28-24(25-2)26-14-12-19-8-5-10-21(16-19)23(31)29(3)4/h5-11,13,15-18H,12,14H2,1-4H3,(H2,25,26,28). The monoisotopic (exact) mass is 418 g/mol. The summed E-state index contributed by atoms with van der Waals surface area (Å²) in [6.07, 6.45) is 4.49. The summed E-state index contributed by atoms with van der Waals surface area (Å²) in [7, 11) is 5.29. The molecule has 0 bridgehead atoms. The second-order valence-corrected chi connectivity index (χ2v) is 7.56. The third-order valence-electron chi connectivity index (χ3n) is 5.00. The SMILES string of the molecule is CN=C(NCCc1cccc(C(=O)N(C)C)c1)NC(C)c1cccc(-n2cccn2)c1. The lowest BCUT2D eigenvalue weighted by atomic mass is 10.1. The van der Waals surface area contributed by atoms with Crippen molar-refractivity contribution < 1.29 is 4.79 Å². The summed E-state index contributed by atoms with van der Waals surface area (Å²) in [5, 5.41) is 11.1. The van der Waals surface area contributed by atoms with Gasteiger partial charge in [0.05, 0.1) is 11.7 Å². The number of nitrogens with zero attached hydrogens (tertiary/aromatic N) is 4. The highest BCUT2D eigenvalue weighted by atomic mass is 16.2. The molecule has 0 aliphatic rings. The minimum absolute atomic E-state index is 0.0125. The molecule has 2 N–H and O–H groups in total. The molecule has 0 aliphatic carbocycles. The number of hydrogen-bond acceptors (Lipinski definition) is 3. The predicted octanol–water partition coefficient (Wildman–Crippen LogP) is 3.04. The van der Waals surface area contributed by atoms with Gasteiger partial charge in [0.15, 0.2) is 5.96 Å². The summed E-state index contributed by atoms with van der Waals surface area (Å²) in [5.74, 6) is 0.746. The molecular weight excluding hydrogens is 388 g/mol. The lowest BCUT2D eigenvalue weighted by Gasteiger charge is -2.19. The summed E-state index contributed by atoms with van der Waals surface area (Å²) >= 11 is 0. The largest absolute Gasteiger partial charge is 0.356 e. The Bertz CT molecular complexity index is 1030. The van der Waals surface area contributed by atoms with Crippen LogP contribution in [-0.4, -0.2) is 54.2 Å². The van der Waals surface area contributed by atoms with Gasteiger partial charge >= 0.3 is 0 Å². The number of nitrogens with one attached hydrogen (secondary N) is 2. The molecule has 3 rings (SSSR count). The number of guanidine groups is 1. The van der Waals surface area contributed by atoms with Crippen LogP contribution in [-0.2, 0) is 6.42 Å². The van der Waals surface area contributed by atoms with E-state index in [-0.39, 0.29) is 11.9 Å². The van der Waals surface area contributed by atoms with Gasteiger partial charge in [0.2, 0.25) is 0 Å². The van der Waals surface area contributed by atoms with Crippen LogP contribution in [0.5, 0.6) is 0 Å². The lowest BCUT2D eigenvalue weighted by molar-refractivity contribution is 0.0827. The van der Waals surface area contributed by atoms with Crippen molar-refractivity contribution in [2.24, 2.45) is 4.99 Å². The van der Waals surface area contributed by atoms with Crippen molar-refractivity contribution in [3.63, 3.8) is 0 Å². The fraction of sp³-hybridized carbons (Fsp3) is 0.292. The third-order valence-corrected chi connectivity index (χ3v) is 5.00. The zero-order chi connectivity index (χ0) is 22.2. The molecule has 1 aromatic heterocycles. The molecular formula is C24H30N6O. The normalized spacial score (nSPS) is 12.3. The number of carbonyl (C=O) groups excluding carboxylic acids is 1. The van der Waals surface area contributed by atoms with Gasteiger partial charge in [0, 0.05) is 45.6 Å². The molecule has 1 amide bonds. The van der Waals surface area contributed by atoms with Crippen molar-refractivity contribution in [3.05, 3.63) is 83.7 Å². The van der Waals surface area contributed by atoms with Crippen LogP contribution < -0.4 is 10.6 Å². The Morgan fingerprint density at radius 3 is 2.68 bits per heavy atom. The molecule has 0 aliphatic heterocycles. The summed E-state index contributed by atoms with van der Waals surface area (Å²) in [5.41, 5.74) is 3.98. The fourth-order valence-electron chi connectivity index (χ4n) is 3.28. The number of aliphatic imine (C=N–C) groups is 1. The van der Waals surface area contributed by atoms with Gasteiger partial charge in [-0.1, -0.05) is 24.3 Å². The van der Waals surface area contributed by atoms with Gasteiger partial charge in [-0.3, -0.25) is 9.79 Å². The van der Waals surface area contributed by atoms with E-state index in [9.17, 15) is 4.79 Å². The van der Waals surface area contributed by atoms with Crippen LogP contribution in [0.1, 0.15) is 34.5 Å². The van der Waals surface area contributed by atoms with Crippen LogP contribution >= 0.6 is 0 Å². The van der Waals surface area contributed by atoms with E-state index in [0.717, 1.165) is 29.2 Å². The van der Waals surface area contributed by atoms with E-state index < -0.39 is 0 Å². The molecule has 1 heterocycles. The average Bonchev–Trinajstić information content (AvgIpc) is 3.33. The first-order valence-electron chi connectivity index (χ1n) is 10.4. The van der Waals surface area contributed by atoms with Gasteiger partial charge in [-0.2, -0.15) is 5.10 Å². The van der Waals surface area contributed by atoms with E-state index in [0.29, 0.717) is 12.1 Å². The molecule has 162 valence electrons. The lowest BCUT2D eigenvalue weighted by Crippen LogP contribution is -2.39. The van der Waals surface area contributed by atoms with Crippen LogP contribution in [0.15, 0.2) is 72.0 Å². The highest BCUT2D eigenvalue weighted by molar-refractivity contribution is 5.94. The Morgan fingerprint density at radius 2 is 1.97 bits per heavy atom. The first-order valence-corrected chi connectivity index (χ1v) is 10.4. The zero-order valence-corrected chi connectivity index (χ0v) is 18.5. The molecule has 2 aromatic carbocycles. The maximum Gasteiger partial charge on any atom is 0.253 e. The number of rotatable bonds is 7. The van der Waals surface area contributed by atoms with E-state index >= 15 is 0 Å². The van der Waals surface area contributed by atoms with Gasteiger partial charge < -0.3 is 15.5 Å². The number of carbonyl (C=O) groups is 1. The van der Waals surface area contributed by atoms with Gasteiger partial charge in [0.25, 0.3) is 5.91 Å². The Labute approximate surface area is 183 Å². The summed E-state index contributed by atoms with van der Waals surface area (Å²) in [6, 6.07) is 18.0. The van der Waals surface area contributed by atoms with Crippen molar-refractivity contribution in [1.29, 1.82) is 0 Å². The highest BCUT2D eigenvalue weighted by Crippen LogP contribution is 2.16. The minimum atomic E-state index is 0.0125. The number of benzene rings is 2. The average molecular weight is 419 g/mol. The Morgan fingerprint density at radius 1 is 1.16 bits per heavy atom. The first kappa shape index (κ1) is 22.1. The summed E-state index contributed by atoms with van der Waals surface area (Å²) in [4.78, 5) is 18.1. The van der Waals surface area contributed by atoms with Crippen LogP contribution in [0.4, 0.5) is 0 Å². The van der Waals surface area contributed by atoms with E-state index in [1.807, 2.05) is 53.3 Å². The van der Waals surface area contributed by atoms with E-state index in [2.05, 4.69) is 39.8 Å². The van der Waals surface area contributed by atoms with Crippen molar-refractivity contribution in [2.45, 2.75) is 19.4 Å². The van der Waals surface area contributed by atoms with Crippen LogP contribution in [0.3, 0.4) is 0 Å². The van der Waals surface area contributed by atoms with E-state index in [1.165, 1.54) is 0 Å². The Hall–Kier alpha value is -3.61. The third kappa shape index (κ3) is 5.94. The summed E-state index contributed by atoms with van der Waals surface area (Å²) < 4.78 is 1.85. The van der Waals surface area contributed by atoms with Crippen molar-refractivity contribution >= 4 is 11.9 Å². The second-order valence-electron chi connectivity index (χ2n) is 7.56. The van der Waals surface area contributed by atoms with E-state index in [4.69, 9.17) is 0 Å². The zero-order valence-electron chi connectivity index (χ0n) is 18.5. The molecule has 7 heteroatoms. The first-order chi connectivity index (χ1) is 15.0. The quantitative estimate of drug-likeness (QED) is 0.457. The topological polar surface area (TPSA) is 74.6 Å². The highest BCUT2D eigenvalue weighted by Gasteiger charge is 2.10. The van der Waals surface area contributed by atoms with Crippen LogP contribution in [0.2, 0.25) is 0 Å². The maximum atomic E-state index is 12.2. The van der Waals surface area contributed by atoms with E-state index in [1.54, 1.807) is 32.2 Å². The molecule has 0 radical (unpaired) electrons. The molecule has 7 nitrogen and oxygen atoms in total. The van der Waals surface area contributed by atoms with Gasteiger partial charge in [-0.15, -0.1) is 0 Å². The fourth-order valence-corrected chi connectivity index (χ4v) is 3.28. The molecule has 3 aromatic rings. The molecule has 0 fully saturated rings. The van der Waals surface area contributed by atoms with Crippen LogP contribution in [0, 0.1) is 0 Å². The number of aromatic nitrogens is 2. The van der Waals surface area contributed by atoms with Crippen molar-refractivity contribution in [2.75, 3.05) is 27.7 Å². The summed E-state index contributed by atoms with van der Waals surface area (Å²) in [6.45, 7) is 2.81. The molecule has 0 saturated carbocycles. The van der Waals surface area contributed by atoms with Crippen LogP contribution in [0.25, 0.3) is 5.69 Å². The van der Waals surface area contributed by atoms with Gasteiger partial charge in [0.1, 0.15) is 0 Å². The predicted molar refractivity (Wildman–Crippen MR) is 125 cm³/mol. The Balaban J connectivity index is 1.56. The molecule has 31 heavy (non-hydrogen) atoms. The van der Waals surface area contributed by atoms with Crippen molar-refractivity contribution in [1.82, 2.24) is 25.3 Å². The number of amides is 1. The molecule has 0 spiro atoms. The maximum absolute atomic E-state index is 12.2. The molecule has 0 saturated heterocycles. The van der Waals surface area contributed by atoms with Gasteiger partial charge in [-0.05, 0) is 54.8 Å². The Kier molecular flexibility index (Phi) is 7.43. The van der Waals surface area contributed by atoms with Crippen molar-refractivity contribution in [3.8, 4) is 5.69 Å². The molecule has 1 unspecified atom stereocenters.